The molecule has 98 valence electrons. The molecule has 0 aliphatic heterocycles. The first-order valence-electron chi connectivity index (χ1n) is 6.70. The molecule has 0 aliphatic rings. The molecule has 0 spiro atoms. The Hall–Kier alpha value is 0.0674. The normalized spacial score (nSPS) is 8.88. The van der Waals surface area contributed by atoms with Crippen LogP contribution < -0.4 is 18.9 Å². The van der Waals surface area contributed by atoms with Crippen molar-refractivity contribution in [1.82, 2.24) is 0 Å². The Balaban J connectivity index is -0.000000440. The zero-order valence-corrected chi connectivity index (χ0v) is 12.1. The van der Waals surface area contributed by atoms with E-state index in [2.05, 4.69) is 13.8 Å². The van der Waals surface area contributed by atoms with Crippen LogP contribution in [0.25, 0.3) is 0 Å². The summed E-state index contributed by atoms with van der Waals surface area (Å²) in [4.78, 5) is 10.2. The Kier molecular flexibility index (Phi) is 28.0. The van der Waals surface area contributed by atoms with Crippen LogP contribution in [0.2, 0.25) is 0 Å². The monoisotopic (exact) mass is 236 g/mol. The second-order valence-corrected chi connectivity index (χ2v) is 4.12. The number of carboxylic acid groups (broad SMARTS) is 1. The van der Waals surface area contributed by atoms with Crippen LogP contribution >= 0.6 is 0 Å². The Bertz CT molecular complexity index is 138. The molecule has 1 N–H and O–H groups in total. The van der Waals surface area contributed by atoms with Gasteiger partial charge in [0.15, 0.2) is 0 Å². The fraction of sp³-hybridized carbons (Fsp3) is 0.857. The predicted molar refractivity (Wildman–Crippen MR) is 70.5 cm³/mol. The molecule has 0 saturated heterocycles. The van der Waals surface area contributed by atoms with E-state index in [1.165, 1.54) is 38.5 Å². The van der Waals surface area contributed by atoms with Crippen molar-refractivity contribution in [3.8, 4) is 0 Å². The zero-order valence-electron chi connectivity index (χ0n) is 12.1. The molecule has 0 aliphatic carbocycles. The van der Waals surface area contributed by atoms with E-state index in [0.29, 0.717) is 6.42 Å². The van der Waals surface area contributed by atoms with Crippen molar-refractivity contribution in [2.75, 3.05) is 0 Å². The van der Waals surface area contributed by atoms with Crippen LogP contribution in [0.4, 0.5) is 0 Å². The van der Waals surface area contributed by atoms with Gasteiger partial charge in [-0.05, 0) is 6.42 Å². The van der Waals surface area contributed by atoms with Crippen LogP contribution in [-0.2, 0) is 4.79 Å². The molecule has 3 heteroatoms. The van der Waals surface area contributed by atoms with E-state index in [1.807, 2.05) is 6.92 Å². The van der Waals surface area contributed by atoms with E-state index in [-0.39, 0.29) is 18.9 Å². The SMILES string of the molecule is CCCCCCCCCCC(=O)O.[CH2-]CC.[Li+]. The van der Waals surface area contributed by atoms with Crippen molar-refractivity contribution in [2.24, 2.45) is 0 Å². The van der Waals surface area contributed by atoms with Gasteiger partial charge in [-0.15, -0.1) is 0 Å². The van der Waals surface area contributed by atoms with Crippen molar-refractivity contribution in [3.63, 3.8) is 0 Å². The molecule has 17 heavy (non-hydrogen) atoms. The van der Waals surface area contributed by atoms with Crippen LogP contribution in [0.5, 0.6) is 0 Å². The van der Waals surface area contributed by atoms with Gasteiger partial charge < -0.3 is 12.0 Å². The van der Waals surface area contributed by atoms with E-state index < -0.39 is 5.97 Å². The van der Waals surface area contributed by atoms with Gasteiger partial charge in [0.1, 0.15) is 0 Å². The van der Waals surface area contributed by atoms with E-state index >= 15 is 0 Å². The summed E-state index contributed by atoms with van der Waals surface area (Å²) in [5, 5.41) is 8.39. The fourth-order valence-electron chi connectivity index (χ4n) is 1.41. The quantitative estimate of drug-likeness (QED) is 0.377. The minimum atomic E-state index is -0.661. The first-order chi connectivity index (χ1) is 7.68. The first-order valence-corrected chi connectivity index (χ1v) is 6.70. The summed E-state index contributed by atoms with van der Waals surface area (Å²) in [6, 6.07) is 0. The van der Waals surface area contributed by atoms with E-state index in [1.54, 1.807) is 0 Å². The van der Waals surface area contributed by atoms with E-state index in [9.17, 15) is 4.79 Å². The van der Waals surface area contributed by atoms with Crippen molar-refractivity contribution < 1.29 is 28.8 Å². The second-order valence-electron chi connectivity index (χ2n) is 4.12. The topological polar surface area (TPSA) is 37.3 Å². The average molecular weight is 236 g/mol. The zero-order chi connectivity index (χ0) is 12.6. The standard InChI is InChI=1S/C11H22O2.C3H7.Li/c1-2-3-4-5-6-7-8-9-10-11(12)13;1-3-2;/h2-10H2,1H3,(H,12,13);1,3H2,2H3;/q;-1;+1. The van der Waals surface area contributed by atoms with Crippen molar-refractivity contribution in [2.45, 2.75) is 78.1 Å². The molecule has 0 amide bonds. The molecule has 0 aromatic rings. The molecule has 0 atom stereocenters. The van der Waals surface area contributed by atoms with Gasteiger partial charge >= 0.3 is 24.8 Å². The molecule has 0 rings (SSSR count). The largest absolute Gasteiger partial charge is 1.00 e. The molecule has 2 nitrogen and oxygen atoms in total. The maximum Gasteiger partial charge on any atom is 1.00 e. The van der Waals surface area contributed by atoms with Crippen LogP contribution in [0, 0.1) is 6.92 Å². The van der Waals surface area contributed by atoms with Crippen LogP contribution in [0.15, 0.2) is 0 Å². The number of unbranched alkanes of at least 4 members (excludes halogenated alkanes) is 7. The molecule has 0 aromatic heterocycles. The van der Waals surface area contributed by atoms with Gasteiger partial charge in [0.25, 0.3) is 0 Å². The Morgan fingerprint density at radius 2 is 1.29 bits per heavy atom. The second kappa shape index (κ2) is 21.4. The number of carboxylic acids is 1. The summed E-state index contributed by atoms with van der Waals surface area (Å²) in [5.41, 5.74) is 0. The number of hydrogen-bond donors (Lipinski definition) is 1. The first kappa shape index (κ1) is 22.3. The molecule has 0 aromatic carbocycles. The van der Waals surface area contributed by atoms with Gasteiger partial charge in [-0.25, -0.2) is 0 Å². The number of hydrogen-bond acceptors (Lipinski definition) is 1. The minimum Gasteiger partial charge on any atom is -0.481 e. The third-order valence-corrected chi connectivity index (χ3v) is 2.24. The minimum absolute atomic E-state index is 0. The average Bonchev–Trinajstić information content (AvgIpc) is 2.23. The molecule has 0 fully saturated rings. The van der Waals surface area contributed by atoms with Gasteiger partial charge in [-0.2, -0.15) is 6.42 Å². The van der Waals surface area contributed by atoms with Gasteiger partial charge in [-0.1, -0.05) is 58.8 Å². The smallest absolute Gasteiger partial charge is 0.481 e. The van der Waals surface area contributed by atoms with E-state index in [0.717, 1.165) is 19.3 Å². The summed E-state index contributed by atoms with van der Waals surface area (Å²) in [6.07, 6.45) is 11.1. The summed E-state index contributed by atoms with van der Waals surface area (Å²) in [6.45, 7) is 7.72. The number of aliphatic carboxylic acids is 1. The molecule has 0 heterocycles. The van der Waals surface area contributed by atoms with E-state index in [4.69, 9.17) is 5.11 Å². The van der Waals surface area contributed by atoms with Crippen LogP contribution in [0.3, 0.4) is 0 Å². The van der Waals surface area contributed by atoms with Crippen molar-refractivity contribution in [3.05, 3.63) is 6.92 Å². The Morgan fingerprint density at radius 1 is 0.941 bits per heavy atom. The van der Waals surface area contributed by atoms with Gasteiger partial charge in [0.05, 0.1) is 0 Å². The van der Waals surface area contributed by atoms with Crippen LogP contribution in [-0.4, -0.2) is 11.1 Å². The summed E-state index contributed by atoms with van der Waals surface area (Å²) >= 11 is 0. The molecule has 0 saturated carbocycles. The Labute approximate surface area is 120 Å². The maximum atomic E-state index is 10.2. The Morgan fingerprint density at radius 3 is 1.65 bits per heavy atom. The van der Waals surface area contributed by atoms with Gasteiger partial charge in [-0.3, -0.25) is 4.79 Å². The van der Waals surface area contributed by atoms with Crippen molar-refractivity contribution >= 4 is 5.97 Å². The summed E-state index contributed by atoms with van der Waals surface area (Å²) in [5.74, 6) is -0.661. The summed E-state index contributed by atoms with van der Waals surface area (Å²) < 4.78 is 0. The molecule has 0 unspecified atom stereocenters. The van der Waals surface area contributed by atoms with Gasteiger partial charge in [0.2, 0.25) is 0 Å². The van der Waals surface area contributed by atoms with Crippen molar-refractivity contribution in [1.29, 1.82) is 0 Å². The maximum absolute atomic E-state index is 10.2. The fourth-order valence-corrected chi connectivity index (χ4v) is 1.41. The molecular formula is C14H29LiO2. The van der Waals surface area contributed by atoms with Gasteiger partial charge in [0, 0.05) is 6.42 Å². The predicted octanol–water partition coefficient (Wildman–Crippen LogP) is 1.84. The number of carbonyl (C=O) groups is 1. The number of rotatable bonds is 9. The summed E-state index contributed by atoms with van der Waals surface area (Å²) in [7, 11) is 0. The molecular weight excluding hydrogens is 207 g/mol. The third kappa shape index (κ3) is 31.4. The third-order valence-electron chi connectivity index (χ3n) is 2.24. The van der Waals surface area contributed by atoms with Crippen LogP contribution in [0.1, 0.15) is 78.1 Å². The molecule has 0 bridgehead atoms. The molecule has 0 radical (unpaired) electrons.